The highest BCUT2D eigenvalue weighted by Gasteiger charge is 2.32. The highest BCUT2D eigenvalue weighted by atomic mass is 35.5. The minimum atomic E-state index is -0.637. The van der Waals surface area contributed by atoms with Crippen molar-refractivity contribution in [3.63, 3.8) is 0 Å². The van der Waals surface area contributed by atoms with Gasteiger partial charge in [-0.15, -0.1) is 0 Å². The largest absolute Gasteiger partial charge is 0.493 e. The number of carbonyl (C=O) groups is 1. The Bertz CT molecular complexity index is 2000. The van der Waals surface area contributed by atoms with Crippen LogP contribution >= 0.6 is 11.6 Å². The van der Waals surface area contributed by atoms with Crippen LogP contribution in [0, 0.1) is 25.2 Å². The number of ether oxygens (including phenoxy) is 4. The molecule has 0 bridgehead atoms. The van der Waals surface area contributed by atoms with Gasteiger partial charge in [0, 0.05) is 33.2 Å². The van der Waals surface area contributed by atoms with Crippen LogP contribution in [0.5, 0.6) is 23.0 Å². The smallest absolute Gasteiger partial charge is 0.379 e. The third-order valence-corrected chi connectivity index (χ3v) is 7.91. The molecule has 8 nitrogen and oxygen atoms in total. The van der Waals surface area contributed by atoms with E-state index in [0.717, 1.165) is 22.1 Å². The lowest BCUT2D eigenvalue weighted by molar-refractivity contribution is 0.0702. The molecule has 1 aromatic heterocycles. The molecule has 0 saturated heterocycles. The van der Waals surface area contributed by atoms with E-state index in [2.05, 4.69) is 6.07 Å². The van der Waals surface area contributed by atoms with Crippen molar-refractivity contribution < 1.29 is 28.2 Å². The summed E-state index contributed by atoms with van der Waals surface area (Å²) >= 11 is 6.28. The average Bonchev–Trinajstić information content (AvgIpc) is 3.35. The van der Waals surface area contributed by atoms with Crippen molar-refractivity contribution in [1.82, 2.24) is 0 Å². The summed E-state index contributed by atoms with van der Waals surface area (Å²) < 4.78 is 29.0. The van der Waals surface area contributed by atoms with Crippen LogP contribution < -0.4 is 24.7 Å². The first-order chi connectivity index (χ1) is 21.3. The molecule has 0 spiro atoms. The van der Waals surface area contributed by atoms with Crippen molar-refractivity contribution in [2.45, 2.75) is 26.4 Å². The van der Waals surface area contributed by atoms with E-state index in [4.69, 9.17) is 40.7 Å². The Morgan fingerprint density at radius 1 is 1.02 bits per heavy atom. The minimum Gasteiger partial charge on any atom is -0.493 e. The lowest BCUT2D eigenvalue weighted by Gasteiger charge is -2.27. The number of halogens is 1. The molecule has 1 unspecified atom stereocenters. The second-order valence-electron chi connectivity index (χ2n) is 10.4. The van der Waals surface area contributed by atoms with E-state index in [1.165, 1.54) is 0 Å². The van der Waals surface area contributed by atoms with Crippen LogP contribution in [0.3, 0.4) is 0 Å². The predicted molar refractivity (Wildman–Crippen MR) is 165 cm³/mol. The maximum absolute atomic E-state index is 13.1. The fourth-order valence-corrected chi connectivity index (χ4v) is 5.47. The number of allylic oxidation sites excluding steroid dienone is 1. The summed E-state index contributed by atoms with van der Waals surface area (Å²) in [7, 11) is 1.54. The predicted octanol–water partition coefficient (Wildman–Crippen LogP) is 7.73. The van der Waals surface area contributed by atoms with Crippen LogP contribution in [0.2, 0.25) is 5.02 Å². The van der Waals surface area contributed by atoms with Crippen molar-refractivity contribution in [3.05, 3.63) is 129 Å². The summed E-state index contributed by atoms with van der Waals surface area (Å²) in [5, 5.41) is 11.5. The van der Waals surface area contributed by atoms with Gasteiger partial charge < -0.3 is 29.1 Å². The molecular weight excluding hydrogens is 580 g/mol. The van der Waals surface area contributed by atoms with E-state index in [1.807, 2.05) is 56.3 Å². The zero-order valence-corrected chi connectivity index (χ0v) is 24.9. The summed E-state index contributed by atoms with van der Waals surface area (Å²) in [5.41, 5.74) is 11.0. The van der Waals surface area contributed by atoms with Crippen molar-refractivity contribution in [1.29, 1.82) is 5.26 Å². The molecule has 0 saturated carbocycles. The van der Waals surface area contributed by atoms with Crippen LogP contribution in [-0.2, 0) is 6.61 Å². The van der Waals surface area contributed by atoms with Gasteiger partial charge in [0.1, 0.15) is 35.3 Å². The van der Waals surface area contributed by atoms with Gasteiger partial charge in [-0.25, -0.2) is 4.79 Å². The fourth-order valence-electron chi connectivity index (χ4n) is 5.28. The van der Waals surface area contributed by atoms with E-state index >= 15 is 0 Å². The van der Waals surface area contributed by atoms with Gasteiger partial charge in [0.05, 0.1) is 13.0 Å². The maximum Gasteiger partial charge on any atom is 0.379 e. The van der Waals surface area contributed by atoms with Crippen LogP contribution in [0.4, 0.5) is 0 Å². The van der Waals surface area contributed by atoms with Crippen molar-refractivity contribution in [3.8, 4) is 29.1 Å². The summed E-state index contributed by atoms with van der Waals surface area (Å²) in [4.78, 5) is 13.1. The summed E-state index contributed by atoms with van der Waals surface area (Å²) in [6.45, 7) is 4.04. The fraction of sp³-hybridized carbons (Fsp3) is 0.143. The maximum atomic E-state index is 13.1. The van der Waals surface area contributed by atoms with Gasteiger partial charge >= 0.3 is 5.97 Å². The van der Waals surface area contributed by atoms with E-state index in [9.17, 15) is 10.1 Å². The first-order valence-electron chi connectivity index (χ1n) is 13.7. The number of aryl methyl sites for hydroxylation is 2. The monoisotopic (exact) mass is 606 g/mol. The number of hydrogen-bond donors (Lipinski definition) is 1. The number of fused-ring (bicyclic) bond motifs is 2. The minimum absolute atomic E-state index is 0.0463. The number of esters is 1. The van der Waals surface area contributed by atoms with E-state index in [1.54, 1.807) is 43.5 Å². The van der Waals surface area contributed by atoms with Gasteiger partial charge in [0.15, 0.2) is 11.5 Å². The molecule has 2 N–H and O–H groups in total. The number of nitrogens with two attached hydrogens (primary N) is 1. The number of nitriles is 1. The Labute approximate surface area is 258 Å². The van der Waals surface area contributed by atoms with Crippen LogP contribution in [0.15, 0.2) is 94.7 Å². The highest BCUT2D eigenvalue weighted by Crippen LogP contribution is 2.45. The molecule has 0 aliphatic carbocycles. The molecule has 0 amide bonds. The third kappa shape index (κ3) is 5.30. The van der Waals surface area contributed by atoms with Gasteiger partial charge in [-0.3, -0.25) is 0 Å². The van der Waals surface area contributed by atoms with E-state index in [0.29, 0.717) is 39.0 Å². The second kappa shape index (κ2) is 11.7. The quantitative estimate of drug-likeness (QED) is 0.148. The van der Waals surface area contributed by atoms with Crippen molar-refractivity contribution >= 4 is 28.5 Å². The SMILES string of the molecule is COc1cc(C2C(C#N)=C(N)Oc3cc(OC(=O)c4oc5ccc(C)cc5c4C)ccc32)ccc1OCc1ccccc1Cl. The number of hydrogen-bond acceptors (Lipinski definition) is 8. The Morgan fingerprint density at radius 3 is 2.61 bits per heavy atom. The number of benzene rings is 4. The molecule has 1 atom stereocenters. The molecule has 0 radical (unpaired) electrons. The standard InChI is InChI=1S/C35H27ClN2O6/c1-19-8-12-28-25(14-19)20(2)33(43-28)35(39)42-23-10-11-24-30(16-23)44-34(38)26(17-37)32(24)21-9-13-29(31(15-21)40-3)41-18-22-6-4-5-7-27(22)36/h4-16,32H,18,38H2,1-3H3. The average molecular weight is 607 g/mol. The Morgan fingerprint density at radius 2 is 1.84 bits per heavy atom. The molecule has 9 heteroatoms. The zero-order chi connectivity index (χ0) is 31.0. The molecule has 2 heterocycles. The number of methoxy groups -OCH3 is 1. The number of carbonyl (C=O) groups excluding carboxylic acids is 1. The Hall–Kier alpha value is -5.39. The van der Waals surface area contributed by atoms with Crippen molar-refractivity contribution in [2.75, 3.05) is 7.11 Å². The summed E-state index contributed by atoms with van der Waals surface area (Å²) in [6.07, 6.45) is 0. The molecule has 220 valence electrons. The lowest BCUT2D eigenvalue weighted by atomic mass is 9.83. The van der Waals surface area contributed by atoms with Gasteiger partial charge in [-0.05, 0) is 55.8 Å². The molecule has 6 rings (SSSR count). The lowest BCUT2D eigenvalue weighted by Crippen LogP contribution is -2.21. The zero-order valence-electron chi connectivity index (χ0n) is 24.1. The summed E-state index contributed by atoms with van der Waals surface area (Å²) in [6, 6.07) is 25.7. The normalized spacial score (nSPS) is 14.0. The van der Waals surface area contributed by atoms with Gasteiger partial charge in [-0.1, -0.05) is 53.6 Å². The van der Waals surface area contributed by atoms with E-state index in [-0.39, 0.29) is 29.6 Å². The molecule has 0 fully saturated rings. The number of furan rings is 1. The van der Waals surface area contributed by atoms with E-state index < -0.39 is 11.9 Å². The Kier molecular flexibility index (Phi) is 7.64. The molecule has 1 aliphatic rings. The number of rotatable bonds is 7. The first-order valence-corrected chi connectivity index (χ1v) is 14.1. The summed E-state index contributed by atoms with van der Waals surface area (Å²) in [5.74, 6) is 0.442. The third-order valence-electron chi connectivity index (χ3n) is 7.54. The topological polar surface area (TPSA) is 117 Å². The highest BCUT2D eigenvalue weighted by molar-refractivity contribution is 6.31. The van der Waals surface area contributed by atoms with Crippen molar-refractivity contribution in [2.24, 2.45) is 5.73 Å². The first kappa shape index (κ1) is 28.7. The molecular formula is C35H27ClN2O6. The van der Waals surface area contributed by atoms with Gasteiger partial charge in [-0.2, -0.15) is 5.26 Å². The molecule has 4 aromatic carbocycles. The van der Waals surface area contributed by atoms with Crippen LogP contribution in [0.1, 0.15) is 44.3 Å². The van der Waals surface area contributed by atoms with Crippen LogP contribution in [0.25, 0.3) is 11.0 Å². The molecule has 5 aromatic rings. The second-order valence-corrected chi connectivity index (χ2v) is 10.8. The number of nitrogens with zero attached hydrogens (tertiary/aromatic N) is 1. The van der Waals surface area contributed by atoms with Gasteiger partial charge in [0.2, 0.25) is 11.6 Å². The molecule has 1 aliphatic heterocycles. The Balaban J connectivity index is 1.29. The molecule has 44 heavy (non-hydrogen) atoms. The van der Waals surface area contributed by atoms with Crippen LogP contribution in [-0.4, -0.2) is 13.1 Å². The van der Waals surface area contributed by atoms with Gasteiger partial charge in [0.25, 0.3) is 0 Å².